The molecule has 0 atom stereocenters. The van der Waals surface area contributed by atoms with Crippen molar-refractivity contribution in [3.8, 4) is 0 Å². The Morgan fingerprint density at radius 3 is 2.32 bits per heavy atom. The summed E-state index contributed by atoms with van der Waals surface area (Å²) in [7, 11) is 0. The summed E-state index contributed by atoms with van der Waals surface area (Å²) in [5.74, 6) is -0.305. The number of nitrogens with two attached hydrogens (primary N) is 2. The van der Waals surface area contributed by atoms with Gasteiger partial charge in [-0.3, -0.25) is 0 Å². The average molecular weight is 287 g/mol. The number of hydrogen-bond acceptors (Lipinski definition) is 3. The largest absolute Gasteiger partial charge is 1.00 e. The third-order valence-corrected chi connectivity index (χ3v) is 2.51. The van der Waals surface area contributed by atoms with Crippen LogP contribution in [0, 0.1) is 0 Å². The maximum Gasteiger partial charge on any atom is 0.338 e. The summed E-state index contributed by atoms with van der Waals surface area (Å²) >= 11 is 0. The number of ether oxygens (including phenoxy) is 1. The van der Waals surface area contributed by atoms with Gasteiger partial charge in [-0.1, -0.05) is 0 Å². The summed E-state index contributed by atoms with van der Waals surface area (Å²) in [6.07, 6.45) is 0. The Kier molecular flexibility index (Phi) is 6.87. The predicted octanol–water partition coefficient (Wildman–Crippen LogP) is -1.82. The van der Waals surface area contributed by atoms with E-state index in [0.717, 1.165) is 0 Å². The van der Waals surface area contributed by atoms with Crippen molar-refractivity contribution in [3.05, 3.63) is 29.8 Å². The molecule has 0 saturated carbocycles. The Bertz CT molecular complexity index is 402. The number of carbonyl (C=O) groups is 1. The van der Waals surface area contributed by atoms with Crippen molar-refractivity contribution in [1.82, 2.24) is 0 Å². The van der Waals surface area contributed by atoms with Crippen molar-refractivity contribution < 1.29 is 27.3 Å². The van der Waals surface area contributed by atoms with E-state index in [1.54, 1.807) is 24.3 Å². The van der Waals surface area contributed by atoms with E-state index in [4.69, 9.17) is 10.5 Å². The molecule has 5 heteroatoms. The lowest BCUT2D eigenvalue weighted by Gasteiger charge is -2.24. The summed E-state index contributed by atoms with van der Waals surface area (Å²) in [4.78, 5) is 11.8. The predicted molar refractivity (Wildman–Crippen MR) is 72.3 cm³/mol. The van der Waals surface area contributed by atoms with Gasteiger partial charge in [0.1, 0.15) is 12.1 Å². The molecule has 1 rings (SSSR count). The number of halogens is 1. The van der Waals surface area contributed by atoms with Crippen LogP contribution in [-0.4, -0.2) is 24.2 Å². The third-order valence-electron chi connectivity index (χ3n) is 2.51. The number of anilines is 1. The zero-order chi connectivity index (χ0) is 13.8. The second-order valence-electron chi connectivity index (χ2n) is 5.60. The number of benzene rings is 1. The van der Waals surface area contributed by atoms with E-state index in [0.29, 0.717) is 23.9 Å². The SMILES string of the molecule is CC(C)[NH2+]C(C)(C)COC(=O)c1ccc(N)cc1.[Cl-]. The Morgan fingerprint density at radius 2 is 1.84 bits per heavy atom. The van der Waals surface area contributed by atoms with Crippen LogP contribution in [0.1, 0.15) is 38.1 Å². The Morgan fingerprint density at radius 1 is 1.32 bits per heavy atom. The molecule has 0 amide bonds. The first-order valence-electron chi connectivity index (χ1n) is 6.19. The molecule has 0 unspecified atom stereocenters. The van der Waals surface area contributed by atoms with E-state index in [1.165, 1.54) is 0 Å². The second kappa shape index (κ2) is 7.36. The lowest BCUT2D eigenvalue weighted by atomic mass is 10.1. The molecule has 0 aliphatic rings. The highest BCUT2D eigenvalue weighted by Crippen LogP contribution is 2.08. The molecule has 0 aliphatic heterocycles. The van der Waals surface area contributed by atoms with Crippen LogP contribution in [0.5, 0.6) is 0 Å². The van der Waals surface area contributed by atoms with Crippen molar-refractivity contribution in [2.45, 2.75) is 39.3 Å². The molecular formula is C14H23ClN2O2. The van der Waals surface area contributed by atoms with Crippen LogP contribution in [0.25, 0.3) is 0 Å². The lowest BCUT2D eigenvalue weighted by molar-refractivity contribution is -0.746. The van der Waals surface area contributed by atoms with E-state index >= 15 is 0 Å². The lowest BCUT2D eigenvalue weighted by Crippen LogP contribution is -3.00. The number of carbonyl (C=O) groups excluding carboxylic acids is 1. The molecule has 4 nitrogen and oxygen atoms in total. The molecule has 1 aromatic rings. The summed E-state index contributed by atoms with van der Waals surface area (Å²) in [6.45, 7) is 8.73. The normalized spacial score (nSPS) is 11.0. The Labute approximate surface area is 121 Å². The second-order valence-corrected chi connectivity index (χ2v) is 5.60. The van der Waals surface area contributed by atoms with E-state index < -0.39 is 0 Å². The zero-order valence-electron chi connectivity index (χ0n) is 11.9. The van der Waals surface area contributed by atoms with Crippen LogP contribution in [0.2, 0.25) is 0 Å². The number of rotatable bonds is 5. The molecule has 0 aromatic heterocycles. The molecule has 0 heterocycles. The summed E-state index contributed by atoms with van der Waals surface area (Å²) < 4.78 is 5.32. The number of quaternary nitrogens is 1. The molecule has 0 fully saturated rings. The van der Waals surface area contributed by atoms with Crippen LogP contribution in [0.3, 0.4) is 0 Å². The third kappa shape index (κ3) is 6.45. The van der Waals surface area contributed by atoms with E-state index in [2.05, 4.69) is 33.0 Å². The summed E-state index contributed by atoms with van der Waals surface area (Å²) in [6, 6.07) is 7.22. The van der Waals surface area contributed by atoms with Gasteiger partial charge in [-0.05, 0) is 52.0 Å². The van der Waals surface area contributed by atoms with Crippen LogP contribution in [0.15, 0.2) is 24.3 Å². The average Bonchev–Trinajstić information content (AvgIpc) is 2.25. The van der Waals surface area contributed by atoms with Gasteiger partial charge < -0.3 is 28.2 Å². The maximum atomic E-state index is 11.8. The summed E-state index contributed by atoms with van der Waals surface area (Å²) in [5, 5.41) is 2.18. The fraction of sp³-hybridized carbons (Fsp3) is 0.500. The highest BCUT2D eigenvalue weighted by Gasteiger charge is 2.25. The van der Waals surface area contributed by atoms with Crippen molar-refractivity contribution in [1.29, 1.82) is 0 Å². The highest BCUT2D eigenvalue weighted by atomic mass is 35.5. The minimum absolute atomic E-state index is 0. The van der Waals surface area contributed by atoms with Gasteiger partial charge in [0, 0.05) is 5.69 Å². The van der Waals surface area contributed by atoms with Gasteiger partial charge >= 0.3 is 5.97 Å². The molecule has 1 aromatic carbocycles. The van der Waals surface area contributed by atoms with Crippen LogP contribution >= 0.6 is 0 Å². The van der Waals surface area contributed by atoms with E-state index in [1.807, 2.05) is 0 Å². The number of nitrogen functional groups attached to an aromatic ring is 1. The van der Waals surface area contributed by atoms with Gasteiger partial charge in [-0.25, -0.2) is 4.79 Å². The Hall–Kier alpha value is -1.26. The van der Waals surface area contributed by atoms with E-state index in [-0.39, 0.29) is 23.9 Å². The fourth-order valence-corrected chi connectivity index (χ4v) is 1.90. The molecular weight excluding hydrogens is 264 g/mol. The Balaban J connectivity index is 0.00000324. The molecule has 0 radical (unpaired) electrons. The van der Waals surface area contributed by atoms with Crippen molar-refractivity contribution in [2.75, 3.05) is 12.3 Å². The first-order valence-corrected chi connectivity index (χ1v) is 6.19. The number of esters is 1. The van der Waals surface area contributed by atoms with Crippen LogP contribution in [-0.2, 0) is 4.74 Å². The molecule has 0 bridgehead atoms. The van der Waals surface area contributed by atoms with E-state index in [9.17, 15) is 4.79 Å². The molecule has 19 heavy (non-hydrogen) atoms. The van der Waals surface area contributed by atoms with Crippen molar-refractivity contribution in [3.63, 3.8) is 0 Å². The molecule has 0 saturated heterocycles. The minimum atomic E-state index is -0.305. The van der Waals surface area contributed by atoms with Gasteiger partial charge in [0.15, 0.2) is 0 Å². The monoisotopic (exact) mass is 286 g/mol. The number of hydrogen-bond donors (Lipinski definition) is 2. The minimum Gasteiger partial charge on any atom is -1.00 e. The van der Waals surface area contributed by atoms with Crippen molar-refractivity contribution in [2.24, 2.45) is 0 Å². The molecule has 0 spiro atoms. The summed E-state index contributed by atoms with van der Waals surface area (Å²) in [5.41, 5.74) is 6.63. The van der Waals surface area contributed by atoms with Crippen LogP contribution < -0.4 is 23.5 Å². The first-order chi connectivity index (χ1) is 8.30. The van der Waals surface area contributed by atoms with Crippen molar-refractivity contribution >= 4 is 11.7 Å². The van der Waals surface area contributed by atoms with Gasteiger partial charge in [-0.2, -0.15) is 0 Å². The van der Waals surface area contributed by atoms with Gasteiger partial charge in [0.2, 0.25) is 0 Å². The van der Waals surface area contributed by atoms with Gasteiger partial charge in [0.05, 0.1) is 11.6 Å². The highest BCUT2D eigenvalue weighted by molar-refractivity contribution is 5.89. The fourth-order valence-electron chi connectivity index (χ4n) is 1.90. The first kappa shape index (κ1) is 17.7. The molecule has 108 valence electrons. The maximum absolute atomic E-state index is 11.8. The molecule has 0 aliphatic carbocycles. The van der Waals surface area contributed by atoms with Crippen LogP contribution in [0.4, 0.5) is 5.69 Å². The quantitative estimate of drug-likeness (QED) is 0.495. The standard InChI is InChI=1S/C14H22N2O2.ClH/c1-10(2)16-14(3,4)9-18-13(17)11-5-7-12(15)8-6-11;/h5-8,10,16H,9,15H2,1-4H3;1H. The topological polar surface area (TPSA) is 68.9 Å². The smallest absolute Gasteiger partial charge is 0.338 e. The van der Waals surface area contributed by atoms with Gasteiger partial charge in [0.25, 0.3) is 0 Å². The zero-order valence-corrected chi connectivity index (χ0v) is 12.7. The van der Waals surface area contributed by atoms with Gasteiger partial charge in [-0.15, -0.1) is 0 Å². The molecule has 4 N–H and O–H groups in total.